The molecule has 2 rings (SSSR count). The van der Waals surface area contributed by atoms with Crippen molar-refractivity contribution in [3.8, 4) is 0 Å². The lowest BCUT2D eigenvalue weighted by Gasteiger charge is -2.40. The fourth-order valence-corrected chi connectivity index (χ4v) is 4.75. The van der Waals surface area contributed by atoms with Gasteiger partial charge in [0.2, 0.25) is 5.91 Å². The van der Waals surface area contributed by atoms with E-state index >= 15 is 0 Å². The molecule has 2 nitrogen and oxygen atoms in total. The Bertz CT molecular complexity index is 312. The first kappa shape index (κ1) is 16.3. The van der Waals surface area contributed by atoms with E-state index in [4.69, 9.17) is 0 Å². The highest BCUT2D eigenvalue weighted by molar-refractivity contribution is 9.09. The maximum atomic E-state index is 12.4. The van der Waals surface area contributed by atoms with Crippen LogP contribution in [0, 0.1) is 11.8 Å². The molecule has 0 aliphatic heterocycles. The molecule has 116 valence electrons. The Labute approximate surface area is 132 Å². The van der Waals surface area contributed by atoms with Crippen LogP contribution in [-0.2, 0) is 4.79 Å². The SMILES string of the molecule is CC1CCCC(CBr)(NC(=O)CC2CCCCCC2)C1. The van der Waals surface area contributed by atoms with Gasteiger partial charge in [-0.3, -0.25) is 4.79 Å². The lowest BCUT2D eigenvalue weighted by molar-refractivity contribution is -0.124. The summed E-state index contributed by atoms with van der Waals surface area (Å²) in [6.45, 7) is 2.31. The van der Waals surface area contributed by atoms with Crippen molar-refractivity contribution >= 4 is 21.8 Å². The predicted octanol–water partition coefficient (Wildman–Crippen LogP) is 4.81. The summed E-state index contributed by atoms with van der Waals surface area (Å²) in [5.74, 6) is 1.66. The van der Waals surface area contributed by atoms with Gasteiger partial charge >= 0.3 is 0 Å². The molecule has 0 aromatic carbocycles. The third-order valence-electron chi connectivity index (χ3n) is 5.20. The molecule has 2 aliphatic rings. The molecule has 20 heavy (non-hydrogen) atoms. The second-order valence-electron chi connectivity index (χ2n) is 7.23. The Hall–Kier alpha value is -0.0500. The monoisotopic (exact) mass is 343 g/mol. The fourth-order valence-electron chi connectivity index (χ4n) is 4.11. The van der Waals surface area contributed by atoms with Gasteiger partial charge in [-0.1, -0.05) is 61.4 Å². The first-order valence-electron chi connectivity index (χ1n) is 8.50. The van der Waals surface area contributed by atoms with Crippen molar-refractivity contribution in [1.29, 1.82) is 0 Å². The maximum Gasteiger partial charge on any atom is 0.220 e. The molecule has 2 aliphatic carbocycles. The number of carbonyl (C=O) groups excluding carboxylic acids is 1. The summed E-state index contributed by atoms with van der Waals surface area (Å²) in [6, 6.07) is 0. The smallest absolute Gasteiger partial charge is 0.220 e. The van der Waals surface area contributed by atoms with Gasteiger partial charge in [0.1, 0.15) is 0 Å². The van der Waals surface area contributed by atoms with Gasteiger partial charge in [-0.2, -0.15) is 0 Å². The Kier molecular flexibility index (Phi) is 6.38. The molecule has 2 fully saturated rings. The van der Waals surface area contributed by atoms with E-state index in [1.165, 1.54) is 51.4 Å². The molecule has 1 N–H and O–H groups in total. The molecule has 0 bridgehead atoms. The lowest BCUT2D eigenvalue weighted by atomic mass is 9.77. The molecule has 1 amide bonds. The van der Waals surface area contributed by atoms with Gasteiger partial charge in [-0.25, -0.2) is 0 Å². The topological polar surface area (TPSA) is 29.1 Å². The Balaban J connectivity index is 1.85. The summed E-state index contributed by atoms with van der Waals surface area (Å²) >= 11 is 3.65. The number of alkyl halides is 1. The van der Waals surface area contributed by atoms with Gasteiger partial charge in [0.05, 0.1) is 0 Å². The first-order chi connectivity index (χ1) is 9.63. The molecule has 2 saturated carbocycles. The van der Waals surface area contributed by atoms with Crippen LogP contribution in [0.5, 0.6) is 0 Å². The lowest BCUT2D eigenvalue weighted by Crippen LogP contribution is -2.52. The molecule has 0 aromatic heterocycles. The van der Waals surface area contributed by atoms with Crippen LogP contribution >= 0.6 is 15.9 Å². The molecule has 3 heteroatoms. The largest absolute Gasteiger partial charge is 0.350 e. The molecular weight excluding hydrogens is 314 g/mol. The number of hydrogen-bond acceptors (Lipinski definition) is 1. The standard InChI is InChI=1S/C17H30BrNO/c1-14-7-6-10-17(12-14,13-18)19-16(20)11-15-8-4-2-3-5-9-15/h14-15H,2-13H2,1H3,(H,19,20). The summed E-state index contributed by atoms with van der Waals surface area (Å²) < 4.78 is 0. The minimum absolute atomic E-state index is 0.0273. The van der Waals surface area contributed by atoms with E-state index in [0.29, 0.717) is 11.8 Å². The van der Waals surface area contributed by atoms with Crippen LogP contribution in [0.25, 0.3) is 0 Å². The predicted molar refractivity (Wildman–Crippen MR) is 88.1 cm³/mol. The van der Waals surface area contributed by atoms with Crippen LogP contribution < -0.4 is 5.32 Å². The number of hydrogen-bond donors (Lipinski definition) is 1. The van der Waals surface area contributed by atoms with Gasteiger partial charge < -0.3 is 5.32 Å². The van der Waals surface area contributed by atoms with Gasteiger partial charge in [-0.15, -0.1) is 0 Å². The van der Waals surface area contributed by atoms with E-state index < -0.39 is 0 Å². The molecular formula is C17H30BrNO. The van der Waals surface area contributed by atoms with Crippen molar-refractivity contribution < 1.29 is 4.79 Å². The zero-order valence-electron chi connectivity index (χ0n) is 12.9. The number of carbonyl (C=O) groups is 1. The highest BCUT2D eigenvalue weighted by Crippen LogP contribution is 2.34. The summed E-state index contributed by atoms with van der Waals surface area (Å²) in [7, 11) is 0. The highest BCUT2D eigenvalue weighted by Gasteiger charge is 2.35. The summed E-state index contributed by atoms with van der Waals surface area (Å²) in [5.41, 5.74) is 0.0273. The molecule has 0 radical (unpaired) electrons. The first-order valence-corrected chi connectivity index (χ1v) is 9.63. The fraction of sp³-hybridized carbons (Fsp3) is 0.941. The number of nitrogens with one attached hydrogen (secondary N) is 1. The van der Waals surface area contributed by atoms with E-state index in [1.807, 2.05) is 0 Å². The third kappa shape index (κ3) is 4.75. The maximum absolute atomic E-state index is 12.4. The van der Waals surface area contributed by atoms with Crippen LogP contribution in [0.15, 0.2) is 0 Å². The molecule has 0 aromatic rings. The van der Waals surface area contributed by atoms with Crippen LogP contribution in [0.1, 0.15) is 77.6 Å². The highest BCUT2D eigenvalue weighted by atomic mass is 79.9. The quantitative estimate of drug-likeness (QED) is 0.576. The Morgan fingerprint density at radius 3 is 2.45 bits per heavy atom. The second-order valence-corrected chi connectivity index (χ2v) is 7.79. The molecule has 2 atom stereocenters. The van der Waals surface area contributed by atoms with E-state index in [2.05, 4.69) is 28.2 Å². The van der Waals surface area contributed by atoms with Crippen molar-refractivity contribution in [1.82, 2.24) is 5.32 Å². The molecule has 0 saturated heterocycles. The number of amides is 1. The summed E-state index contributed by atoms with van der Waals surface area (Å²) in [4.78, 5) is 12.4. The van der Waals surface area contributed by atoms with E-state index in [1.54, 1.807) is 0 Å². The van der Waals surface area contributed by atoms with Gasteiger partial charge in [-0.05, 0) is 37.5 Å². The van der Waals surface area contributed by atoms with Crippen LogP contribution in [0.3, 0.4) is 0 Å². The van der Waals surface area contributed by atoms with Crippen molar-refractivity contribution in [2.45, 2.75) is 83.1 Å². The minimum atomic E-state index is 0.0273. The van der Waals surface area contributed by atoms with Crippen molar-refractivity contribution in [2.24, 2.45) is 11.8 Å². The normalized spacial score (nSPS) is 32.6. The van der Waals surface area contributed by atoms with Crippen LogP contribution in [-0.4, -0.2) is 16.8 Å². The van der Waals surface area contributed by atoms with Gasteiger partial charge in [0.25, 0.3) is 0 Å². The Morgan fingerprint density at radius 1 is 1.15 bits per heavy atom. The average Bonchev–Trinajstić information content (AvgIpc) is 2.67. The van der Waals surface area contributed by atoms with Crippen molar-refractivity contribution in [3.63, 3.8) is 0 Å². The third-order valence-corrected chi connectivity index (χ3v) is 6.27. The summed E-state index contributed by atoms with van der Waals surface area (Å²) in [5, 5.41) is 4.30. The molecule has 0 spiro atoms. The van der Waals surface area contributed by atoms with Crippen molar-refractivity contribution in [2.75, 3.05) is 5.33 Å². The van der Waals surface area contributed by atoms with E-state index in [9.17, 15) is 4.79 Å². The van der Waals surface area contributed by atoms with Crippen LogP contribution in [0.4, 0.5) is 0 Å². The van der Waals surface area contributed by atoms with Crippen LogP contribution in [0.2, 0.25) is 0 Å². The average molecular weight is 344 g/mol. The zero-order valence-corrected chi connectivity index (χ0v) is 14.5. The molecule has 0 heterocycles. The van der Waals surface area contributed by atoms with Gasteiger partial charge in [0, 0.05) is 17.3 Å². The number of halogens is 1. The second kappa shape index (κ2) is 7.82. The summed E-state index contributed by atoms with van der Waals surface area (Å²) in [6.07, 6.45) is 13.5. The van der Waals surface area contributed by atoms with Gasteiger partial charge in [0.15, 0.2) is 0 Å². The number of rotatable bonds is 4. The van der Waals surface area contributed by atoms with E-state index in [-0.39, 0.29) is 5.54 Å². The minimum Gasteiger partial charge on any atom is -0.350 e. The molecule has 2 unspecified atom stereocenters. The van der Waals surface area contributed by atoms with E-state index in [0.717, 1.165) is 30.5 Å². The van der Waals surface area contributed by atoms with Crippen molar-refractivity contribution in [3.05, 3.63) is 0 Å². The zero-order chi connectivity index (χ0) is 14.4. The Morgan fingerprint density at radius 2 is 1.85 bits per heavy atom.